The molecule has 150 valence electrons. The van der Waals surface area contributed by atoms with Crippen LogP contribution in [-0.2, 0) is 19.3 Å². The van der Waals surface area contributed by atoms with Crippen molar-refractivity contribution in [2.75, 3.05) is 31.9 Å². The fraction of sp³-hybridized carbons (Fsp3) is 0.667. The molecule has 2 aliphatic heterocycles. The average Bonchev–Trinajstić information content (AvgIpc) is 2.82. The van der Waals surface area contributed by atoms with Gasteiger partial charge in [0.15, 0.2) is 0 Å². The molecular weight excluding hydrogens is 370 g/mol. The predicted octanol–water partition coefficient (Wildman–Crippen LogP) is 1.78. The van der Waals surface area contributed by atoms with Gasteiger partial charge in [0, 0.05) is 32.0 Å². The maximum Gasteiger partial charge on any atom is 0.467 e. The van der Waals surface area contributed by atoms with Gasteiger partial charge in [-0.3, -0.25) is 0 Å². The molecule has 6 nitrogen and oxygen atoms in total. The van der Waals surface area contributed by atoms with Gasteiger partial charge in [-0.2, -0.15) is 4.31 Å². The van der Waals surface area contributed by atoms with Gasteiger partial charge in [-0.15, -0.1) is 0 Å². The van der Waals surface area contributed by atoms with Crippen molar-refractivity contribution in [2.24, 2.45) is 0 Å². The van der Waals surface area contributed by atoms with Crippen LogP contribution in [0.5, 0.6) is 0 Å². The Labute approximate surface area is 161 Å². The number of benzene rings is 1. The Bertz CT molecular complexity index is 765. The lowest BCUT2D eigenvalue weighted by molar-refractivity contribution is 0.00578. The summed E-state index contributed by atoms with van der Waals surface area (Å²) < 4.78 is 54.2. The highest BCUT2D eigenvalue weighted by Gasteiger charge is 2.55. The Balaban J connectivity index is 1.93. The summed E-state index contributed by atoms with van der Waals surface area (Å²) in [6, 6.07) is 6.24. The van der Waals surface area contributed by atoms with Crippen LogP contribution in [-0.4, -0.2) is 63.0 Å². The maximum atomic E-state index is 14.6. The summed E-state index contributed by atoms with van der Waals surface area (Å²) in [6.07, 6.45) is 0. The number of nitrogens with one attached hydrogen (secondary N) is 1. The molecule has 27 heavy (non-hydrogen) atoms. The molecule has 1 aromatic rings. The zero-order valence-electron chi connectivity index (χ0n) is 16.4. The first-order valence-electron chi connectivity index (χ1n) is 9.32. The van der Waals surface area contributed by atoms with Crippen molar-refractivity contribution in [3.8, 4) is 0 Å². The lowest BCUT2D eigenvalue weighted by Crippen LogP contribution is -2.48. The van der Waals surface area contributed by atoms with Crippen LogP contribution in [0.3, 0.4) is 0 Å². The van der Waals surface area contributed by atoms with Crippen LogP contribution in [0.25, 0.3) is 0 Å². The van der Waals surface area contributed by atoms with Gasteiger partial charge in [0.1, 0.15) is 5.82 Å². The minimum atomic E-state index is -3.59. The number of hydrogen-bond acceptors (Lipinski definition) is 5. The van der Waals surface area contributed by atoms with Gasteiger partial charge < -0.3 is 14.6 Å². The van der Waals surface area contributed by atoms with E-state index in [4.69, 9.17) is 9.31 Å². The van der Waals surface area contributed by atoms with Crippen LogP contribution in [0.15, 0.2) is 24.3 Å². The van der Waals surface area contributed by atoms with E-state index in [-0.39, 0.29) is 5.75 Å². The third-order valence-corrected chi connectivity index (χ3v) is 7.70. The normalized spacial score (nSPS) is 24.1. The summed E-state index contributed by atoms with van der Waals surface area (Å²) in [5, 5.41) is 3.14. The Kier molecular flexibility index (Phi) is 5.71. The van der Waals surface area contributed by atoms with Crippen LogP contribution in [0.2, 0.25) is 0 Å². The smallest absolute Gasteiger partial charge is 0.403 e. The third kappa shape index (κ3) is 4.22. The van der Waals surface area contributed by atoms with Crippen molar-refractivity contribution in [3.05, 3.63) is 35.6 Å². The number of sulfonamides is 1. The zero-order valence-corrected chi connectivity index (χ0v) is 17.2. The van der Waals surface area contributed by atoms with Crippen molar-refractivity contribution >= 4 is 17.1 Å². The SMILES string of the molecule is CC1(C)OB(C(CS(=O)(=O)N2CCNCC2)c2ccccc2F)OC1(C)C. The van der Waals surface area contributed by atoms with Crippen molar-refractivity contribution in [3.63, 3.8) is 0 Å². The third-order valence-electron chi connectivity index (χ3n) is 5.76. The highest BCUT2D eigenvalue weighted by atomic mass is 32.2. The molecule has 2 fully saturated rings. The van der Waals surface area contributed by atoms with Crippen molar-refractivity contribution in [1.82, 2.24) is 9.62 Å². The molecule has 0 radical (unpaired) electrons. The molecule has 9 heteroatoms. The second-order valence-electron chi connectivity index (χ2n) is 8.18. The first kappa shape index (κ1) is 20.7. The molecule has 1 N–H and O–H groups in total. The minimum Gasteiger partial charge on any atom is -0.403 e. The van der Waals surface area contributed by atoms with Crippen molar-refractivity contribution < 1.29 is 22.1 Å². The van der Waals surface area contributed by atoms with E-state index in [0.29, 0.717) is 31.7 Å². The van der Waals surface area contributed by atoms with Gasteiger partial charge in [-0.25, -0.2) is 12.8 Å². The summed E-state index contributed by atoms with van der Waals surface area (Å²) in [6.45, 7) is 9.64. The van der Waals surface area contributed by atoms with Gasteiger partial charge in [0.25, 0.3) is 0 Å². The number of nitrogens with zero attached hydrogens (tertiary/aromatic N) is 1. The fourth-order valence-electron chi connectivity index (χ4n) is 3.40. The van der Waals surface area contributed by atoms with E-state index in [0.717, 1.165) is 0 Å². The molecule has 1 atom stereocenters. The number of rotatable bonds is 5. The van der Waals surface area contributed by atoms with Crippen LogP contribution in [0.1, 0.15) is 39.1 Å². The molecule has 1 unspecified atom stereocenters. The van der Waals surface area contributed by atoms with E-state index in [1.165, 1.54) is 10.4 Å². The molecule has 2 saturated heterocycles. The summed E-state index contributed by atoms with van der Waals surface area (Å²) in [5.41, 5.74) is -0.949. The first-order chi connectivity index (χ1) is 12.5. The summed E-state index contributed by atoms with van der Waals surface area (Å²) in [4.78, 5) is 0. The van der Waals surface area contributed by atoms with Gasteiger partial charge in [0.2, 0.25) is 10.0 Å². The van der Waals surface area contributed by atoms with E-state index < -0.39 is 40.0 Å². The first-order valence-corrected chi connectivity index (χ1v) is 10.9. The molecule has 1 aromatic carbocycles. The molecule has 2 heterocycles. The molecule has 3 rings (SSSR count). The highest BCUT2D eigenvalue weighted by molar-refractivity contribution is 7.89. The monoisotopic (exact) mass is 398 g/mol. The molecule has 0 spiro atoms. The zero-order chi connectivity index (χ0) is 19.9. The molecule has 0 amide bonds. The van der Waals surface area contributed by atoms with Crippen molar-refractivity contribution in [1.29, 1.82) is 0 Å². The van der Waals surface area contributed by atoms with E-state index >= 15 is 0 Å². The molecule has 0 aromatic heterocycles. The standard InChI is InChI=1S/C18H28BFN2O4S/c1-17(2)18(3,4)26-19(25-17)15(14-7-5-6-8-16(14)20)13-27(23,24)22-11-9-21-10-12-22/h5-8,15,21H,9-13H2,1-4H3. The van der Waals surface area contributed by atoms with Crippen LogP contribution in [0, 0.1) is 5.82 Å². The molecule has 2 aliphatic rings. The molecule has 0 bridgehead atoms. The number of hydrogen-bond donors (Lipinski definition) is 1. The highest BCUT2D eigenvalue weighted by Crippen LogP contribution is 2.41. The number of halogens is 1. The van der Waals surface area contributed by atoms with Gasteiger partial charge >= 0.3 is 7.12 Å². The summed E-state index contributed by atoms with van der Waals surface area (Å²) in [7, 11) is -4.44. The lowest BCUT2D eigenvalue weighted by atomic mass is 9.69. The van der Waals surface area contributed by atoms with Crippen molar-refractivity contribution in [2.45, 2.75) is 44.7 Å². The second-order valence-corrected chi connectivity index (χ2v) is 10.2. The van der Waals surface area contributed by atoms with E-state index in [1.807, 2.05) is 27.7 Å². The quantitative estimate of drug-likeness (QED) is 0.766. The van der Waals surface area contributed by atoms with Crippen LogP contribution < -0.4 is 5.32 Å². The molecular formula is C18H28BFN2O4S. The summed E-state index contributed by atoms with van der Waals surface area (Å²) >= 11 is 0. The minimum absolute atomic E-state index is 0.259. The van der Waals surface area contributed by atoms with Crippen LogP contribution in [0.4, 0.5) is 4.39 Å². The predicted molar refractivity (Wildman–Crippen MR) is 103 cm³/mol. The Hall–Kier alpha value is -0.995. The number of piperazine rings is 1. The van der Waals surface area contributed by atoms with Crippen LogP contribution >= 0.6 is 0 Å². The van der Waals surface area contributed by atoms with E-state index in [1.54, 1.807) is 18.2 Å². The van der Waals surface area contributed by atoms with E-state index in [9.17, 15) is 12.8 Å². The van der Waals surface area contributed by atoms with Gasteiger partial charge in [-0.05, 0) is 39.3 Å². The Morgan fingerprint density at radius 1 is 1.15 bits per heavy atom. The van der Waals surface area contributed by atoms with Gasteiger partial charge in [0.05, 0.1) is 17.0 Å². The Morgan fingerprint density at radius 3 is 2.26 bits per heavy atom. The lowest BCUT2D eigenvalue weighted by Gasteiger charge is -2.32. The largest absolute Gasteiger partial charge is 0.467 e. The molecule has 0 saturated carbocycles. The second kappa shape index (κ2) is 7.44. The topological polar surface area (TPSA) is 67.9 Å². The maximum absolute atomic E-state index is 14.6. The van der Waals surface area contributed by atoms with E-state index in [2.05, 4.69) is 5.32 Å². The summed E-state index contributed by atoms with van der Waals surface area (Å²) in [5.74, 6) is -1.47. The van der Waals surface area contributed by atoms with Gasteiger partial charge in [-0.1, -0.05) is 18.2 Å². The average molecular weight is 398 g/mol. The Morgan fingerprint density at radius 2 is 1.70 bits per heavy atom. The molecule has 0 aliphatic carbocycles. The fourth-order valence-corrected chi connectivity index (χ4v) is 5.14.